The summed E-state index contributed by atoms with van der Waals surface area (Å²) >= 11 is 0. The standard InChI is InChI=1S/C24H28O5/c1-17(2)14-21(18(3)25)22(23(26)28-15-19-10-6-4-7-11-19)24(27)29-16-20-12-8-5-9-13-20/h4-13,17,21-22H,14-16H2,1-3H3/t21-/m0/s1. The molecule has 0 saturated heterocycles. The summed E-state index contributed by atoms with van der Waals surface area (Å²) in [6, 6.07) is 18.4. The van der Waals surface area contributed by atoms with Crippen molar-refractivity contribution in [2.45, 2.75) is 40.4 Å². The first kappa shape index (κ1) is 22.3. The molecule has 154 valence electrons. The maximum absolute atomic E-state index is 12.8. The van der Waals surface area contributed by atoms with Gasteiger partial charge in [0.15, 0.2) is 5.92 Å². The van der Waals surface area contributed by atoms with Crippen LogP contribution in [0.2, 0.25) is 0 Å². The Morgan fingerprint density at radius 3 is 1.52 bits per heavy atom. The number of benzene rings is 2. The second-order valence-corrected chi connectivity index (χ2v) is 7.51. The molecule has 0 radical (unpaired) electrons. The summed E-state index contributed by atoms with van der Waals surface area (Å²) in [7, 11) is 0. The summed E-state index contributed by atoms with van der Waals surface area (Å²) in [5, 5.41) is 0. The van der Waals surface area contributed by atoms with Crippen molar-refractivity contribution >= 4 is 17.7 Å². The average molecular weight is 396 g/mol. The summed E-state index contributed by atoms with van der Waals surface area (Å²) in [4.78, 5) is 37.9. The van der Waals surface area contributed by atoms with Crippen molar-refractivity contribution in [1.29, 1.82) is 0 Å². The van der Waals surface area contributed by atoms with Crippen LogP contribution in [-0.4, -0.2) is 17.7 Å². The Labute approximate surface area is 172 Å². The van der Waals surface area contributed by atoms with Gasteiger partial charge in [0.2, 0.25) is 0 Å². The van der Waals surface area contributed by atoms with Crippen LogP contribution in [0, 0.1) is 17.8 Å². The Balaban J connectivity index is 2.15. The maximum atomic E-state index is 12.8. The topological polar surface area (TPSA) is 69.7 Å². The van der Waals surface area contributed by atoms with Gasteiger partial charge in [-0.1, -0.05) is 74.5 Å². The summed E-state index contributed by atoms with van der Waals surface area (Å²) in [6.45, 7) is 5.35. The van der Waals surface area contributed by atoms with E-state index in [-0.39, 0.29) is 24.9 Å². The molecule has 0 N–H and O–H groups in total. The first-order valence-corrected chi connectivity index (χ1v) is 9.80. The van der Waals surface area contributed by atoms with E-state index < -0.39 is 23.8 Å². The van der Waals surface area contributed by atoms with E-state index >= 15 is 0 Å². The molecule has 5 nitrogen and oxygen atoms in total. The zero-order valence-corrected chi connectivity index (χ0v) is 17.2. The van der Waals surface area contributed by atoms with Gasteiger partial charge in [0.25, 0.3) is 0 Å². The molecule has 2 aromatic rings. The van der Waals surface area contributed by atoms with E-state index in [1.165, 1.54) is 6.92 Å². The van der Waals surface area contributed by atoms with Gasteiger partial charge in [0, 0.05) is 5.92 Å². The molecule has 0 heterocycles. The van der Waals surface area contributed by atoms with Crippen molar-refractivity contribution in [3.8, 4) is 0 Å². The molecular formula is C24H28O5. The molecule has 0 spiro atoms. The van der Waals surface area contributed by atoms with Gasteiger partial charge in [-0.15, -0.1) is 0 Å². The molecule has 0 bridgehead atoms. The minimum Gasteiger partial charge on any atom is -0.460 e. The molecule has 5 heteroatoms. The molecule has 0 aromatic heterocycles. The second-order valence-electron chi connectivity index (χ2n) is 7.51. The van der Waals surface area contributed by atoms with E-state index in [4.69, 9.17) is 9.47 Å². The normalized spacial score (nSPS) is 11.9. The van der Waals surface area contributed by atoms with Gasteiger partial charge in [-0.05, 0) is 30.4 Å². The predicted octanol–water partition coefficient (Wildman–Crippen LogP) is 4.34. The van der Waals surface area contributed by atoms with E-state index in [1.807, 2.05) is 74.5 Å². The lowest BCUT2D eigenvalue weighted by Gasteiger charge is -2.24. The van der Waals surface area contributed by atoms with Crippen LogP contribution in [0.15, 0.2) is 60.7 Å². The van der Waals surface area contributed by atoms with Crippen LogP contribution in [0.3, 0.4) is 0 Å². The fraction of sp³-hybridized carbons (Fsp3) is 0.375. The number of esters is 2. The van der Waals surface area contributed by atoms with Crippen molar-refractivity contribution in [3.05, 3.63) is 71.8 Å². The third-order valence-electron chi connectivity index (χ3n) is 4.61. The van der Waals surface area contributed by atoms with E-state index in [1.54, 1.807) is 0 Å². The Kier molecular flexibility index (Phi) is 8.59. The van der Waals surface area contributed by atoms with Crippen LogP contribution in [0.1, 0.15) is 38.3 Å². The van der Waals surface area contributed by atoms with Crippen molar-refractivity contribution in [2.24, 2.45) is 17.8 Å². The molecule has 0 unspecified atom stereocenters. The summed E-state index contributed by atoms with van der Waals surface area (Å²) in [5.41, 5.74) is 1.61. The SMILES string of the molecule is CC(=O)[C@H](CC(C)C)C(C(=O)OCc1ccccc1)C(=O)OCc1ccccc1. The molecular weight excluding hydrogens is 368 g/mol. The van der Waals surface area contributed by atoms with Gasteiger partial charge in [-0.25, -0.2) is 0 Å². The number of ether oxygens (including phenoxy) is 2. The Morgan fingerprint density at radius 2 is 1.17 bits per heavy atom. The molecule has 1 atom stereocenters. The maximum Gasteiger partial charge on any atom is 0.321 e. The lowest BCUT2D eigenvalue weighted by molar-refractivity contribution is -0.168. The largest absolute Gasteiger partial charge is 0.460 e. The fourth-order valence-electron chi connectivity index (χ4n) is 3.11. The van der Waals surface area contributed by atoms with Crippen LogP contribution >= 0.6 is 0 Å². The highest BCUT2D eigenvalue weighted by atomic mass is 16.6. The van der Waals surface area contributed by atoms with Crippen molar-refractivity contribution in [2.75, 3.05) is 0 Å². The lowest BCUT2D eigenvalue weighted by atomic mass is 9.82. The number of hydrogen-bond donors (Lipinski definition) is 0. The van der Waals surface area contributed by atoms with Crippen molar-refractivity contribution in [1.82, 2.24) is 0 Å². The van der Waals surface area contributed by atoms with Gasteiger partial charge >= 0.3 is 11.9 Å². The molecule has 0 fully saturated rings. The van der Waals surface area contributed by atoms with Gasteiger partial charge in [0.05, 0.1) is 0 Å². The zero-order valence-electron chi connectivity index (χ0n) is 17.2. The fourth-order valence-corrected chi connectivity index (χ4v) is 3.11. The van der Waals surface area contributed by atoms with E-state index in [2.05, 4.69) is 0 Å². The number of ketones is 1. The van der Waals surface area contributed by atoms with Crippen LogP contribution in [0.5, 0.6) is 0 Å². The van der Waals surface area contributed by atoms with Gasteiger partial charge in [-0.2, -0.15) is 0 Å². The van der Waals surface area contributed by atoms with Crippen molar-refractivity contribution < 1.29 is 23.9 Å². The summed E-state index contributed by atoms with van der Waals surface area (Å²) < 4.78 is 10.8. The number of Topliss-reactive ketones (excluding diaryl/α,β-unsaturated/α-hetero) is 1. The average Bonchev–Trinajstić information content (AvgIpc) is 2.71. The number of carbonyl (C=O) groups is 3. The molecule has 29 heavy (non-hydrogen) atoms. The smallest absolute Gasteiger partial charge is 0.321 e. The second kappa shape index (κ2) is 11.1. The number of hydrogen-bond acceptors (Lipinski definition) is 5. The van der Waals surface area contributed by atoms with E-state index in [9.17, 15) is 14.4 Å². The van der Waals surface area contributed by atoms with Gasteiger partial charge in [0.1, 0.15) is 19.0 Å². The van der Waals surface area contributed by atoms with Crippen LogP contribution in [-0.2, 0) is 37.1 Å². The molecule has 0 aliphatic carbocycles. The summed E-state index contributed by atoms with van der Waals surface area (Å²) in [5.74, 6) is -3.60. The van der Waals surface area contributed by atoms with Crippen LogP contribution in [0.4, 0.5) is 0 Å². The number of rotatable bonds is 10. The van der Waals surface area contributed by atoms with E-state index in [0.29, 0.717) is 6.42 Å². The highest BCUT2D eigenvalue weighted by Gasteiger charge is 2.40. The number of carbonyl (C=O) groups excluding carboxylic acids is 3. The monoisotopic (exact) mass is 396 g/mol. The molecule has 0 aliphatic heterocycles. The first-order valence-electron chi connectivity index (χ1n) is 9.80. The minimum atomic E-state index is -1.28. The quantitative estimate of drug-likeness (QED) is 0.441. The van der Waals surface area contributed by atoms with Crippen molar-refractivity contribution in [3.63, 3.8) is 0 Å². The van der Waals surface area contributed by atoms with Crippen LogP contribution < -0.4 is 0 Å². The third-order valence-corrected chi connectivity index (χ3v) is 4.61. The lowest BCUT2D eigenvalue weighted by Crippen LogP contribution is -2.38. The molecule has 0 saturated carbocycles. The first-order chi connectivity index (χ1) is 13.9. The molecule has 0 amide bonds. The molecule has 0 aliphatic rings. The summed E-state index contributed by atoms with van der Waals surface area (Å²) in [6.07, 6.45) is 0.404. The Bertz CT molecular complexity index is 743. The van der Waals surface area contributed by atoms with E-state index in [0.717, 1.165) is 11.1 Å². The Morgan fingerprint density at radius 1 is 0.759 bits per heavy atom. The zero-order chi connectivity index (χ0) is 21.2. The predicted molar refractivity (Wildman–Crippen MR) is 110 cm³/mol. The third kappa shape index (κ3) is 7.18. The van der Waals surface area contributed by atoms with Gasteiger partial charge < -0.3 is 9.47 Å². The van der Waals surface area contributed by atoms with Crippen LogP contribution in [0.25, 0.3) is 0 Å². The molecule has 2 aromatic carbocycles. The highest BCUT2D eigenvalue weighted by molar-refractivity contribution is 6.00. The minimum absolute atomic E-state index is 0.0362. The Hall–Kier alpha value is -2.95. The van der Waals surface area contributed by atoms with Gasteiger partial charge in [-0.3, -0.25) is 14.4 Å². The molecule has 2 rings (SSSR count). The highest BCUT2D eigenvalue weighted by Crippen LogP contribution is 2.25.